The third kappa shape index (κ3) is 5.00. The Balaban J connectivity index is 1.24. The fourth-order valence-electron chi connectivity index (χ4n) is 8.09. The van der Waals surface area contributed by atoms with Crippen molar-refractivity contribution in [1.82, 2.24) is 4.90 Å². The second-order valence-corrected chi connectivity index (χ2v) is 13.9. The van der Waals surface area contributed by atoms with Gasteiger partial charge in [-0.1, -0.05) is 72.8 Å². The molecule has 1 aliphatic rings. The van der Waals surface area contributed by atoms with Crippen molar-refractivity contribution >= 4 is 66.6 Å². The fraction of sp³-hybridized carbons (Fsp3) is 0.273. The Kier molecular flexibility index (Phi) is 7.98. The minimum absolute atomic E-state index is 0.205. The molecule has 1 aliphatic heterocycles. The van der Waals surface area contributed by atoms with Gasteiger partial charge in [-0.05, 0) is 88.8 Å². The van der Waals surface area contributed by atoms with Crippen LogP contribution >= 0.6 is 0 Å². The van der Waals surface area contributed by atoms with Crippen LogP contribution in [0.1, 0.15) is 49.9 Å². The highest BCUT2D eigenvalue weighted by molar-refractivity contribution is 6.12. The molecule has 1 atom stereocenters. The predicted octanol–water partition coefficient (Wildman–Crippen LogP) is 11.4. The monoisotopic (exact) mass is 662 g/mol. The molecule has 6 nitrogen and oxygen atoms in total. The maximum atomic E-state index is 6.93. The molecule has 0 unspecified atom stereocenters. The standard InChI is InChI=1S/C44H46N4O2/c1-8-46(38-18-10-9-17-37(38)45-7)40-31(22-24-36-33-15-11-13-29(5)41(33)49-44(36)40)20-21-32-14-12-16-34-35-23-19-28(4)39(43(35)50-42(32)34)48-26-25-47(27(2)3)30(48)6/h9-19,22-27,30,45H,8,20-21H2,1-7H3/t30-/m1/s1. The smallest absolute Gasteiger partial charge is 0.159 e. The van der Waals surface area contributed by atoms with E-state index in [1.807, 2.05) is 7.05 Å². The van der Waals surface area contributed by atoms with Crippen LogP contribution in [-0.2, 0) is 12.8 Å². The van der Waals surface area contributed by atoms with Crippen molar-refractivity contribution in [2.24, 2.45) is 0 Å². The molecule has 0 fully saturated rings. The summed E-state index contributed by atoms with van der Waals surface area (Å²) in [5, 5.41) is 8.04. The van der Waals surface area contributed by atoms with Gasteiger partial charge in [0.1, 0.15) is 17.3 Å². The number of furan rings is 2. The Bertz CT molecular complexity index is 2420. The van der Waals surface area contributed by atoms with E-state index >= 15 is 0 Å². The van der Waals surface area contributed by atoms with Gasteiger partial charge in [0.25, 0.3) is 0 Å². The summed E-state index contributed by atoms with van der Waals surface area (Å²) in [5.74, 6) is 0. The maximum Gasteiger partial charge on any atom is 0.159 e. The zero-order valence-electron chi connectivity index (χ0n) is 30.2. The number of anilines is 4. The van der Waals surface area contributed by atoms with E-state index in [4.69, 9.17) is 8.83 Å². The van der Waals surface area contributed by atoms with Crippen molar-refractivity contribution in [3.05, 3.63) is 120 Å². The largest absolute Gasteiger partial charge is 0.454 e. The lowest BCUT2D eigenvalue weighted by Crippen LogP contribution is -2.39. The SMILES string of the molecule is CCN(c1ccccc1NC)c1c(CCc2cccc3c2oc2c(N4C=CN(C(C)C)[C@H]4C)c(C)ccc23)ccc2c1oc1c(C)cccc12. The molecular formula is C44H46N4O2. The summed E-state index contributed by atoms with van der Waals surface area (Å²) < 4.78 is 13.7. The summed E-state index contributed by atoms with van der Waals surface area (Å²) in [7, 11) is 1.99. The van der Waals surface area contributed by atoms with Crippen molar-refractivity contribution in [3.63, 3.8) is 0 Å². The summed E-state index contributed by atoms with van der Waals surface area (Å²) >= 11 is 0. The first-order chi connectivity index (χ1) is 24.3. The van der Waals surface area contributed by atoms with Crippen LogP contribution in [0.4, 0.5) is 22.7 Å². The number of hydrogen-bond donors (Lipinski definition) is 1. The fourth-order valence-corrected chi connectivity index (χ4v) is 8.09. The molecule has 0 saturated heterocycles. The van der Waals surface area contributed by atoms with Crippen molar-refractivity contribution in [3.8, 4) is 0 Å². The van der Waals surface area contributed by atoms with Gasteiger partial charge in [0.05, 0.1) is 22.7 Å². The van der Waals surface area contributed by atoms with E-state index in [2.05, 4.69) is 159 Å². The van der Waals surface area contributed by atoms with Crippen LogP contribution in [0.5, 0.6) is 0 Å². The quantitative estimate of drug-likeness (QED) is 0.166. The minimum atomic E-state index is 0.205. The Morgan fingerprint density at radius 1 is 0.700 bits per heavy atom. The number of rotatable bonds is 9. The number of benzene rings is 5. The summed E-state index contributed by atoms with van der Waals surface area (Å²) in [4.78, 5) is 7.15. The topological polar surface area (TPSA) is 48.0 Å². The molecule has 7 aromatic rings. The van der Waals surface area contributed by atoms with Gasteiger partial charge in [0, 0.05) is 53.6 Å². The van der Waals surface area contributed by atoms with E-state index in [1.54, 1.807) is 0 Å². The van der Waals surface area contributed by atoms with Gasteiger partial charge in [-0.3, -0.25) is 0 Å². The van der Waals surface area contributed by atoms with Crippen molar-refractivity contribution in [2.75, 3.05) is 28.7 Å². The first-order valence-corrected chi connectivity index (χ1v) is 18.0. The van der Waals surface area contributed by atoms with Gasteiger partial charge in [-0.25, -0.2) is 0 Å². The average Bonchev–Trinajstić information content (AvgIpc) is 3.82. The third-order valence-electron chi connectivity index (χ3n) is 10.6. The molecule has 8 rings (SSSR count). The second-order valence-electron chi connectivity index (χ2n) is 13.9. The molecule has 5 aromatic carbocycles. The number of hydrogen-bond acceptors (Lipinski definition) is 6. The molecule has 1 N–H and O–H groups in total. The van der Waals surface area contributed by atoms with Gasteiger partial charge in [-0.15, -0.1) is 0 Å². The lowest BCUT2D eigenvalue weighted by atomic mass is 9.98. The van der Waals surface area contributed by atoms with Crippen LogP contribution in [0.3, 0.4) is 0 Å². The van der Waals surface area contributed by atoms with Crippen molar-refractivity contribution < 1.29 is 8.83 Å². The Morgan fingerprint density at radius 3 is 2.14 bits per heavy atom. The number of para-hydroxylation sites is 4. The van der Waals surface area contributed by atoms with Crippen LogP contribution in [0.25, 0.3) is 43.9 Å². The third-order valence-corrected chi connectivity index (χ3v) is 10.6. The lowest BCUT2D eigenvalue weighted by molar-refractivity contribution is 0.263. The van der Waals surface area contributed by atoms with E-state index in [-0.39, 0.29) is 6.17 Å². The Hall–Kier alpha value is -5.36. The van der Waals surface area contributed by atoms with Crippen LogP contribution in [-0.4, -0.2) is 30.7 Å². The maximum absolute atomic E-state index is 6.93. The van der Waals surface area contributed by atoms with Gasteiger partial charge in [-0.2, -0.15) is 0 Å². The molecule has 0 amide bonds. The lowest BCUT2D eigenvalue weighted by Gasteiger charge is -2.33. The van der Waals surface area contributed by atoms with Crippen molar-refractivity contribution in [2.45, 2.75) is 66.6 Å². The number of nitrogens with one attached hydrogen (secondary N) is 1. The first kappa shape index (κ1) is 31.9. The van der Waals surface area contributed by atoms with E-state index in [0.717, 1.165) is 91.6 Å². The number of aryl methyl sites for hydroxylation is 4. The summed E-state index contributed by atoms with van der Waals surface area (Å²) in [6.45, 7) is 14.1. The Labute approximate surface area is 294 Å². The highest BCUT2D eigenvalue weighted by atomic mass is 16.3. The van der Waals surface area contributed by atoms with Crippen LogP contribution < -0.4 is 15.1 Å². The second kappa shape index (κ2) is 12.5. The molecule has 0 bridgehead atoms. The molecule has 254 valence electrons. The summed E-state index contributed by atoms with van der Waals surface area (Å²) in [5.41, 5.74) is 13.1. The zero-order chi connectivity index (χ0) is 34.7. The molecule has 3 heterocycles. The van der Waals surface area contributed by atoms with E-state index in [9.17, 15) is 0 Å². The van der Waals surface area contributed by atoms with E-state index in [1.165, 1.54) is 16.7 Å². The molecular weight excluding hydrogens is 617 g/mol. The molecule has 50 heavy (non-hydrogen) atoms. The molecule has 0 aliphatic carbocycles. The van der Waals surface area contributed by atoms with Crippen LogP contribution in [0.2, 0.25) is 0 Å². The van der Waals surface area contributed by atoms with Crippen LogP contribution in [0, 0.1) is 13.8 Å². The summed E-state index contributed by atoms with van der Waals surface area (Å²) in [6.07, 6.45) is 6.26. The minimum Gasteiger partial charge on any atom is -0.454 e. The van der Waals surface area contributed by atoms with Gasteiger partial charge in [0.15, 0.2) is 11.2 Å². The molecule has 6 heteroatoms. The summed E-state index contributed by atoms with van der Waals surface area (Å²) in [6, 6.07) is 31.0. The van der Waals surface area contributed by atoms with Gasteiger partial charge >= 0.3 is 0 Å². The molecule has 0 spiro atoms. The first-order valence-electron chi connectivity index (χ1n) is 18.0. The predicted molar refractivity (Wildman–Crippen MR) is 211 cm³/mol. The van der Waals surface area contributed by atoms with Gasteiger partial charge < -0.3 is 28.9 Å². The van der Waals surface area contributed by atoms with Gasteiger partial charge in [0.2, 0.25) is 0 Å². The average molecular weight is 663 g/mol. The van der Waals surface area contributed by atoms with E-state index in [0.29, 0.717) is 6.04 Å². The number of nitrogens with zero attached hydrogens (tertiary/aromatic N) is 3. The normalized spacial score (nSPS) is 14.8. The zero-order valence-corrected chi connectivity index (χ0v) is 30.2. The molecule has 0 radical (unpaired) electrons. The van der Waals surface area contributed by atoms with Crippen molar-refractivity contribution in [1.29, 1.82) is 0 Å². The Morgan fingerprint density at radius 2 is 1.38 bits per heavy atom. The highest BCUT2D eigenvalue weighted by Crippen LogP contribution is 2.44. The highest BCUT2D eigenvalue weighted by Gasteiger charge is 2.29. The van der Waals surface area contributed by atoms with E-state index < -0.39 is 0 Å². The molecule has 0 saturated carbocycles. The number of fused-ring (bicyclic) bond motifs is 6. The molecule has 2 aromatic heterocycles. The van der Waals surface area contributed by atoms with Crippen LogP contribution in [0.15, 0.2) is 106 Å².